The van der Waals surface area contributed by atoms with Crippen molar-refractivity contribution in [3.63, 3.8) is 0 Å². The van der Waals surface area contributed by atoms with Crippen molar-refractivity contribution in [2.75, 3.05) is 6.54 Å². The van der Waals surface area contributed by atoms with E-state index in [0.717, 1.165) is 5.56 Å². The van der Waals surface area contributed by atoms with E-state index in [0.29, 0.717) is 0 Å². The van der Waals surface area contributed by atoms with Crippen LogP contribution in [0.3, 0.4) is 0 Å². The predicted octanol–water partition coefficient (Wildman–Crippen LogP) is 1.09. The molecule has 1 aliphatic heterocycles. The molecule has 0 saturated carbocycles. The molecular weight excluding hydrogens is 216 g/mol. The smallest absolute Gasteiger partial charge is 0.243 e. The van der Waals surface area contributed by atoms with E-state index in [1.165, 1.54) is 0 Å². The molecule has 1 aliphatic rings. The van der Waals surface area contributed by atoms with Crippen LogP contribution in [0.2, 0.25) is 0 Å². The minimum absolute atomic E-state index is 0.192. The van der Waals surface area contributed by atoms with E-state index in [1.54, 1.807) is 11.8 Å². The number of β-lactam (4-membered cyclic amide) rings is 1. The number of nitriles is 1. The van der Waals surface area contributed by atoms with Gasteiger partial charge in [0.15, 0.2) is 0 Å². The molecule has 1 aromatic rings. The zero-order valence-electron chi connectivity index (χ0n) is 9.58. The van der Waals surface area contributed by atoms with Gasteiger partial charge >= 0.3 is 0 Å². The molecule has 1 aromatic carbocycles. The van der Waals surface area contributed by atoms with Crippen LogP contribution in [0.1, 0.15) is 18.5 Å². The van der Waals surface area contributed by atoms with Crippen LogP contribution in [0.5, 0.6) is 0 Å². The van der Waals surface area contributed by atoms with E-state index < -0.39 is 12.0 Å². The molecule has 4 nitrogen and oxygen atoms in total. The van der Waals surface area contributed by atoms with Crippen LogP contribution < -0.4 is 0 Å². The Bertz CT molecular complexity index is 450. The first-order valence-corrected chi connectivity index (χ1v) is 5.58. The van der Waals surface area contributed by atoms with Gasteiger partial charge in [-0.25, -0.2) is 0 Å². The SMILES string of the molecule is CC(O)CN1C(=O)[C@@H](C#N)[C@H]1c1ccccc1. The van der Waals surface area contributed by atoms with Gasteiger partial charge in [-0.3, -0.25) is 4.79 Å². The summed E-state index contributed by atoms with van der Waals surface area (Å²) < 4.78 is 0. The number of carbonyl (C=O) groups is 1. The third kappa shape index (κ3) is 2.02. The number of hydrogen-bond donors (Lipinski definition) is 1. The van der Waals surface area contributed by atoms with Crippen molar-refractivity contribution in [2.24, 2.45) is 5.92 Å². The van der Waals surface area contributed by atoms with E-state index in [-0.39, 0.29) is 18.5 Å². The predicted molar refractivity (Wildman–Crippen MR) is 61.7 cm³/mol. The van der Waals surface area contributed by atoms with Gasteiger partial charge in [0.2, 0.25) is 5.91 Å². The van der Waals surface area contributed by atoms with Gasteiger partial charge in [0.05, 0.1) is 18.2 Å². The number of nitrogens with zero attached hydrogens (tertiary/aromatic N) is 2. The van der Waals surface area contributed by atoms with Gasteiger partial charge < -0.3 is 10.0 Å². The Balaban J connectivity index is 2.24. The van der Waals surface area contributed by atoms with Gasteiger partial charge in [0.1, 0.15) is 5.92 Å². The first-order valence-electron chi connectivity index (χ1n) is 5.58. The van der Waals surface area contributed by atoms with Crippen LogP contribution in [-0.2, 0) is 4.79 Å². The van der Waals surface area contributed by atoms with E-state index in [1.807, 2.05) is 36.4 Å². The quantitative estimate of drug-likeness (QED) is 0.790. The maximum absolute atomic E-state index is 11.7. The highest BCUT2D eigenvalue weighted by atomic mass is 16.3. The van der Waals surface area contributed by atoms with Gasteiger partial charge in [0.25, 0.3) is 0 Å². The van der Waals surface area contributed by atoms with Gasteiger partial charge in [-0.05, 0) is 12.5 Å². The minimum atomic E-state index is -0.615. The molecule has 1 fully saturated rings. The van der Waals surface area contributed by atoms with E-state index in [4.69, 9.17) is 5.26 Å². The third-order valence-electron chi connectivity index (χ3n) is 2.94. The fraction of sp³-hybridized carbons (Fsp3) is 0.385. The van der Waals surface area contributed by atoms with E-state index >= 15 is 0 Å². The molecule has 88 valence electrons. The summed E-state index contributed by atoms with van der Waals surface area (Å²) in [6, 6.07) is 11.3. The lowest BCUT2D eigenvalue weighted by molar-refractivity contribution is -0.154. The van der Waals surface area contributed by atoms with Crippen molar-refractivity contribution in [2.45, 2.75) is 19.1 Å². The molecular formula is C13H14N2O2. The summed E-state index contributed by atoms with van der Waals surface area (Å²) in [6.45, 7) is 1.91. The summed E-state index contributed by atoms with van der Waals surface area (Å²) in [6.07, 6.45) is -0.579. The lowest BCUT2D eigenvalue weighted by Crippen LogP contribution is -2.56. The Morgan fingerprint density at radius 1 is 1.47 bits per heavy atom. The molecule has 4 heteroatoms. The molecule has 1 N–H and O–H groups in total. The molecule has 0 aliphatic carbocycles. The Hall–Kier alpha value is -1.86. The van der Waals surface area contributed by atoms with Crippen molar-refractivity contribution in [1.82, 2.24) is 4.90 Å². The molecule has 0 bridgehead atoms. The largest absolute Gasteiger partial charge is 0.392 e. The summed E-state index contributed by atoms with van der Waals surface area (Å²) in [4.78, 5) is 13.3. The highest BCUT2D eigenvalue weighted by Gasteiger charge is 2.48. The second kappa shape index (κ2) is 4.56. The Morgan fingerprint density at radius 3 is 2.65 bits per heavy atom. The number of aliphatic hydroxyl groups is 1. The fourth-order valence-electron chi connectivity index (χ4n) is 2.19. The average molecular weight is 230 g/mol. The summed E-state index contributed by atoms with van der Waals surface area (Å²) in [7, 11) is 0. The molecule has 1 unspecified atom stereocenters. The van der Waals surface area contributed by atoms with Crippen molar-refractivity contribution >= 4 is 5.91 Å². The van der Waals surface area contributed by atoms with Crippen LogP contribution in [0.4, 0.5) is 0 Å². The summed E-state index contributed by atoms with van der Waals surface area (Å²) in [5.41, 5.74) is 0.944. The number of likely N-dealkylation sites (tertiary alicyclic amines) is 1. The lowest BCUT2D eigenvalue weighted by atomic mass is 9.83. The molecule has 0 radical (unpaired) electrons. The Morgan fingerprint density at radius 2 is 2.12 bits per heavy atom. The average Bonchev–Trinajstić information content (AvgIpc) is 2.33. The number of β-amino-alcohol motifs (C(OH)–C–C–N with tert-alkyl or cyclic N) is 1. The zero-order valence-corrected chi connectivity index (χ0v) is 9.58. The monoisotopic (exact) mass is 230 g/mol. The van der Waals surface area contributed by atoms with Crippen LogP contribution in [-0.4, -0.2) is 28.6 Å². The maximum atomic E-state index is 11.7. The van der Waals surface area contributed by atoms with E-state index in [2.05, 4.69) is 0 Å². The first-order chi connectivity index (χ1) is 8.15. The zero-order chi connectivity index (χ0) is 12.4. The summed E-state index contributed by atoms with van der Waals surface area (Å²) >= 11 is 0. The Kier molecular flexibility index (Phi) is 3.12. The second-order valence-electron chi connectivity index (χ2n) is 4.30. The third-order valence-corrected chi connectivity index (χ3v) is 2.94. The number of amides is 1. The van der Waals surface area contributed by atoms with Crippen LogP contribution in [0.25, 0.3) is 0 Å². The summed E-state index contributed by atoms with van der Waals surface area (Å²) in [5, 5.41) is 18.3. The van der Waals surface area contributed by atoms with Crippen molar-refractivity contribution in [3.05, 3.63) is 35.9 Å². The minimum Gasteiger partial charge on any atom is -0.392 e. The van der Waals surface area contributed by atoms with Crippen LogP contribution in [0.15, 0.2) is 30.3 Å². The fourth-order valence-corrected chi connectivity index (χ4v) is 2.19. The van der Waals surface area contributed by atoms with Gasteiger partial charge in [-0.2, -0.15) is 5.26 Å². The lowest BCUT2D eigenvalue weighted by Gasteiger charge is -2.45. The summed E-state index contributed by atoms with van der Waals surface area (Å²) in [5.74, 6) is -0.807. The number of rotatable bonds is 3. The highest BCUT2D eigenvalue weighted by Crippen LogP contribution is 2.39. The first kappa shape index (κ1) is 11.6. The van der Waals surface area contributed by atoms with Crippen molar-refractivity contribution in [1.29, 1.82) is 5.26 Å². The molecule has 1 heterocycles. The van der Waals surface area contributed by atoms with Gasteiger partial charge in [0, 0.05) is 6.54 Å². The molecule has 3 atom stereocenters. The van der Waals surface area contributed by atoms with Crippen LogP contribution >= 0.6 is 0 Å². The van der Waals surface area contributed by atoms with Crippen LogP contribution in [0, 0.1) is 17.2 Å². The number of carbonyl (C=O) groups excluding carboxylic acids is 1. The van der Waals surface area contributed by atoms with Gasteiger partial charge in [-0.15, -0.1) is 0 Å². The second-order valence-corrected chi connectivity index (χ2v) is 4.30. The number of aliphatic hydroxyl groups excluding tert-OH is 1. The normalized spacial score (nSPS) is 25.0. The standard InChI is InChI=1S/C13H14N2O2/c1-9(16)8-15-12(11(7-14)13(15)17)10-5-3-2-4-6-10/h2-6,9,11-12,16H,8H2,1H3/t9?,11-,12+/m0/s1. The molecule has 1 saturated heterocycles. The highest BCUT2D eigenvalue weighted by molar-refractivity contribution is 5.89. The van der Waals surface area contributed by atoms with Gasteiger partial charge in [-0.1, -0.05) is 30.3 Å². The maximum Gasteiger partial charge on any atom is 0.243 e. The van der Waals surface area contributed by atoms with E-state index in [9.17, 15) is 9.90 Å². The number of benzene rings is 1. The molecule has 17 heavy (non-hydrogen) atoms. The molecule has 1 amide bonds. The molecule has 0 spiro atoms. The molecule has 0 aromatic heterocycles. The number of hydrogen-bond acceptors (Lipinski definition) is 3. The topological polar surface area (TPSA) is 64.3 Å². The molecule has 2 rings (SSSR count). The van der Waals surface area contributed by atoms with Crippen molar-refractivity contribution in [3.8, 4) is 6.07 Å². The Labute approximate surface area is 100 Å². The van der Waals surface area contributed by atoms with Crippen molar-refractivity contribution < 1.29 is 9.90 Å².